The second kappa shape index (κ2) is 10.1. The predicted molar refractivity (Wildman–Crippen MR) is 106 cm³/mol. The van der Waals surface area contributed by atoms with Crippen molar-refractivity contribution in [3.8, 4) is 11.5 Å². The zero-order valence-electron chi connectivity index (χ0n) is 16.2. The number of hydrogen-bond acceptors (Lipinski definition) is 5. The van der Waals surface area contributed by atoms with Crippen LogP contribution in [0.2, 0.25) is 0 Å². The summed E-state index contributed by atoms with van der Waals surface area (Å²) in [6.45, 7) is 6.48. The number of aliphatic hydroxyl groups is 1. The van der Waals surface area contributed by atoms with Gasteiger partial charge in [-0.15, -0.1) is 0 Å². The average molecular weight is 371 g/mol. The molecule has 0 saturated heterocycles. The molecule has 2 rings (SSSR count). The monoisotopic (exact) mass is 371 g/mol. The van der Waals surface area contributed by atoms with E-state index in [1.165, 1.54) is 0 Å². The first-order chi connectivity index (χ1) is 12.9. The molecule has 0 aliphatic rings. The van der Waals surface area contributed by atoms with Crippen LogP contribution in [-0.2, 0) is 11.2 Å². The molecule has 0 unspecified atom stereocenters. The number of Topliss-reactive ketones (excluding diaryl/α,β-unsaturated/α-hetero) is 1. The molecule has 0 spiro atoms. The summed E-state index contributed by atoms with van der Waals surface area (Å²) in [7, 11) is 0. The second-order valence-corrected chi connectivity index (χ2v) is 6.80. The van der Waals surface area contributed by atoms with E-state index in [1.807, 2.05) is 45.0 Å². The number of aliphatic hydroxyl groups excluding tert-OH is 1. The van der Waals surface area contributed by atoms with Gasteiger partial charge in [0.2, 0.25) is 0 Å². The first-order valence-corrected chi connectivity index (χ1v) is 9.35. The topological polar surface area (TPSA) is 78.8 Å². The van der Waals surface area contributed by atoms with Crippen molar-refractivity contribution in [1.82, 2.24) is 5.32 Å². The summed E-state index contributed by atoms with van der Waals surface area (Å²) >= 11 is 0. The van der Waals surface area contributed by atoms with Gasteiger partial charge in [0.05, 0.1) is 6.10 Å². The summed E-state index contributed by atoms with van der Waals surface area (Å²) in [5.41, 5.74) is 2.84. The Balaban J connectivity index is 1.80. The highest BCUT2D eigenvalue weighted by Gasteiger charge is 2.17. The number of aromatic hydroxyl groups is 1. The van der Waals surface area contributed by atoms with Crippen molar-refractivity contribution in [1.29, 1.82) is 0 Å². The third kappa shape index (κ3) is 6.38. The number of phenols is 1. The van der Waals surface area contributed by atoms with E-state index >= 15 is 0 Å². The predicted octanol–water partition coefficient (Wildman–Crippen LogP) is 3.31. The molecule has 2 aromatic rings. The Morgan fingerprint density at radius 1 is 1.19 bits per heavy atom. The Morgan fingerprint density at radius 3 is 2.52 bits per heavy atom. The minimum Gasteiger partial charge on any atom is -0.508 e. The number of hydrogen-bond donors (Lipinski definition) is 3. The lowest BCUT2D eigenvalue weighted by molar-refractivity contribution is -0.120. The van der Waals surface area contributed by atoms with E-state index in [1.54, 1.807) is 18.2 Å². The molecule has 2 aromatic carbocycles. The van der Waals surface area contributed by atoms with E-state index in [4.69, 9.17) is 4.74 Å². The van der Waals surface area contributed by atoms with Crippen molar-refractivity contribution in [3.05, 3.63) is 59.2 Å². The van der Waals surface area contributed by atoms with Crippen LogP contribution in [0, 0.1) is 6.92 Å². The highest BCUT2D eigenvalue weighted by atomic mass is 16.5. The number of phenolic OH excluding ortho intramolecular Hbond substituents is 1. The van der Waals surface area contributed by atoms with Crippen molar-refractivity contribution >= 4 is 5.78 Å². The van der Waals surface area contributed by atoms with Gasteiger partial charge in [0.25, 0.3) is 0 Å². The minimum atomic E-state index is -0.641. The van der Waals surface area contributed by atoms with Gasteiger partial charge in [-0.1, -0.05) is 25.1 Å². The van der Waals surface area contributed by atoms with Crippen molar-refractivity contribution in [2.24, 2.45) is 0 Å². The summed E-state index contributed by atoms with van der Waals surface area (Å²) in [6.07, 6.45) is 0.662. The molecule has 0 bridgehead atoms. The summed E-state index contributed by atoms with van der Waals surface area (Å²) in [5.74, 6) is 0.982. The molecule has 0 fully saturated rings. The molecule has 5 nitrogen and oxygen atoms in total. The molecule has 27 heavy (non-hydrogen) atoms. The quantitative estimate of drug-likeness (QED) is 0.597. The third-order valence-corrected chi connectivity index (χ3v) is 4.64. The maximum absolute atomic E-state index is 11.3. The van der Waals surface area contributed by atoms with Crippen LogP contribution in [0.5, 0.6) is 11.5 Å². The Hall–Kier alpha value is -2.37. The summed E-state index contributed by atoms with van der Waals surface area (Å²) in [4.78, 5) is 11.3. The van der Waals surface area contributed by atoms with E-state index in [0.29, 0.717) is 12.2 Å². The molecule has 5 heteroatoms. The van der Waals surface area contributed by atoms with Gasteiger partial charge in [0, 0.05) is 12.5 Å². The Morgan fingerprint density at radius 2 is 1.89 bits per heavy atom. The molecule has 0 aliphatic carbocycles. The number of rotatable bonds is 10. The maximum Gasteiger partial charge on any atom is 0.169 e. The Kier molecular flexibility index (Phi) is 7.82. The number of carbonyl (C=O) groups excluding carboxylic acids is 1. The average Bonchev–Trinajstić information content (AvgIpc) is 2.66. The first kappa shape index (κ1) is 20.9. The fourth-order valence-corrected chi connectivity index (χ4v) is 2.84. The third-order valence-electron chi connectivity index (χ3n) is 4.64. The molecule has 146 valence electrons. The van der Waals surface area contributed by atoms with E-state index in [2.05, 4.69) is 5.32 Å². The highest BCUT2D eigenvalue weighted by Crippen LogP contribution is 2.24. The Labute approximate surface area is 161 Å². The largest absolute Gasteiger partial charge is 0.508 e. The molecular formula is C22H29NO4. The van der Waals surface area contributed by atoms with Crippen LogP contribution in [0.4, 0.5) is 0 Å². The van der Waals surface area contributed by atoms with Gasteiger partial charge in [-0.05, 0) is 67.8 Å². The van der Waals surface area contributed by atoms with E-state index in [0.717, 1.165) is 29.7 Å². The second-order valence-electron chi connectivity index (χ2n) is 6.80. The minimum absolute atomic E-state index is 0.0830. The zero-order chi connectivity index (χ0) is 19.8. The fourth-order valence-electron chi connectivity index (χ4n) is 2.84. The van der Waals surface area contributed by atoms with Gasteiger partial charge in [-0.3, -0.25) is 4.79 Å². The van der Waals surface area contributed by atoms with Crippen LogP contribution >= 0.6 is 0 Å². The molecule has 3 N–H and O–H groups in total. The highest BCUT2D eigenvalue weighted by molar-refractivity contribution is 5.79. The lowest BCUT2D eigenvalue weighted by Gasteiger charge is -2.22. The van der Waals surface area contributed by atoms with Gasteiger partial charge in [-0.2, -0.15) is 0 Å². The van der Waals surface area contributed by atoms with Crippen LogP contribution in [0.1, 0.15) is 43.1 Å². The summed E-state index contributed by atoms with van der Waals surface area (Å²) < 4.78 is 5.44. The van der Waals surface area contributed by atoms with Gasteiger partial charge >= 0.3 is 0 Å². The van der Waals surface area contributed by atoms with Crippen molar-refractivity contribution in [2.45, 2.75) is 45.8 Å². The zero-order valence-corrected chi connectivity index (χ0v) is 16.2. The molecule has 0 saturated carbocycles. The van der Waals surface area contributed by atoms with Gasteiger partial charge in [-0.25, -0.2) is 0 Å². The summed E-state index contributed by atoms with van der Waals surface area (Å²) in [6, 6.07) is 12.6. The van der Waals surface area contributed by atoms with Crippen LogP contribution in [0.3, 0.4) is 0 Å². The fraction of sp³-hybridized carbons (Fsp3) is 0.409. The number of aryl methyl sites for hydroxylation is 1. The normalized spacial score (nSPS) is 13.2. The molecular weight excluding hydrogens is 342 g/mol. The van der Waals surface area contributed by atoms with E-state index in [9.17, 15) is 15.0 Å². The lowest BCUT2D eigenvalue weighted by Crippen LogP contribution is -2.34. The molecule has 0 radical (unpaired) electrons. The molecule has 0 aromatic heterocycles. The van der Waals surface area contributed by atoms with Crippen LogP contribution in [0.25, 0.3) is 0 Å². The summed E-state index contributed by atoms with van der Waals surface area (Å²) in [5, 5.41) is 23.4. The van der Waals surface area contributed by atoms with Crippen molar-refractivity contribution in [2.75, 3.05) is 13.2 Å². The van der Waals surface area contributed by atoms with E-state index < -0.39 is 6.10 Å². The van der Waals surface area contributed by atoms with Gasteiger partial charge in [0.1, 0.15) is 18.1 Å². The number of nitrogens with one attached hydrogen (secondary N) is 1. The van der Waals surface area contributed by atoms with Crippen molar-refractivity contribution < 1.29 is 19.7 Å². The number of benzene rings is 2. The molecule has 0 heterocycles. The van der Waals surface area contributed by atoms with Crippen LogP contribution in [-0.4, -0.2) is 35.2 Å². The Bertz CT molecular complexity index is 742. The number of carbonyl (C=O) groups is 1. The van der Waals surface area contributed by atoms with Crippen LogP contribution < -0.4 is 10.1 Å². The SMILES string of the molecule is CCC(=O)COc1ccc(CCN[C@@H](C)[C@H](O)c2ccc(O)cc2C)cc1. The standard InChI is InChI=1S/C22H29NO4/c1-4-18(24)14-27-20-8-5-17(6-9-20)11-12-23-16(3)22(26)21-10-7-19(25)13-15(21)2/h5-10,13,16,22-23,25-26H,4,11-12,14H2,1-3H3/t16-,22-/m0/s1. The van der Waals surface area contributed by atoms with Gasteiger partial charge in [0.15, 0.2) is 5.78 Å². The molecule has 0 aliphatic heterocycles. The lowest BCUT2D eigenvalue weighted by atomic mass is 9.98. The smallest absolute Gasteiger partial charge is 0.169 e. The van der Waals surface area contributed by atoms with E-state index in [-0.39, 0.29) is 24.2 Å². The van der Waals surface area contributed by atoms with Crippen LogP contribution in [0.15, 0.2) is 42.5 Å². The number of ketones is 1. The van der Waals surface area contributed by atoms with Crippen molar-refractivity contribution in [3.63, 3.8) is 0 Å². The molecule has 0 amide bonds. The maximum atomic E-state index is 11.3. The van der Waals surface area contributed by atoms with Gasteiger partial charge < -0.3 is 20.3 Å². The first-order valence-electron chi connectivity index (χ1n) is 9.35. The number of ether oxygens (including phenoxy) is 1. The molecule has 2 atom stereocenters.